The Hall–Kier alpha value is -3.40. The van der Waals surface area contributed by atoms with Crippen LogP contribution in [0.2, 0.25) is 0 Å². The molecule has 5 rings (SSSR count). The van der Waals surface area contributed by atoms with E-state index in [0.717, 1.165) is 44.7 Å². The quantitative estimate of drug-likeness (QED) is 0.497. The number of rotatable bonds is 2. The van der Waals surface area contributed by atoms with Crippen molar-refractivity contribution in [1.29, 1.82) is 0 Å². The number of benzene rings is 2. The number of hydrogen-bond donors (Lipinski definition) is 1. The Morgan fingerprint density at radius 2 is 1.83 bits per heavy atom. The first kappa shape index (κ1) is 13.1. The fraction of sp³-hybridized carbons (Fsp3) is 0. The van der Waals surface area contributed by atoms with Crippen LogP contribution in [0.1, 0.15) is 0 Å². The van der Waals surface area contributed by atoms with Gasteiger partial charge in [-0.05, 0) is 18.2 Å². The number of aromatic nitrogens is 3. The van der Waals surface area contributed by atoms with E-state index in [1.165, 1.54) is 0 Å². The molecular weight excluding hydrogens is 298 g/mol. The minimum Gasteiger partial charge on any atom is -0.455 e. The molecule has 0 radical (unpaired) electrons. The van der Waals surface area contributed by atoms with Crippen molar-refractivity contribution >= 4 is 22.0 Å². The zero-order chi connectivity index (χ0) is 15.9. The Morgan fingerprint density at radius 1 is 0.917 bits per heavy atom. The van der Waals surface area contributed by atoms with Crippen LogP contribution in [0.5, 0.6) is 0 Å². The topological polar surface area (TPSA) is 54.7 Å². The Kier molecular flexibility index (Phi) is 2.76. The van der Waals surface area contributed by atoms with Gasteiger partial charge < -0.3 is 9.40 Å². The summed E-state index contributed by atoms with van der Waals surface area (Å²) in [5, 5.41) is 1.06. The van der Waals surface area contributed by atoms with E-state index < -0.39 is 0 Å². The molecule has 4 heteroatoms. The molecule has 0 atom stereocenters. The van der Waals surface area contributed by atoms with Crippen LogP contribution in [0.15, 0.2) is 77.5 Å². The van der Waals surface area contributed by atoms with Crippen molar-refractivity contribution in [1.82, 2.24) is 15.0 Å². The van der Waals surface area contributed by atoms with Gasteiger partial charge in [0.2, 0.25) is 0 Å². The van der Waals surface area contributed by atoms with Gasteiger partial charge in [-0.3, -0.25) is 4.98 Å². The number of fused-ring (bicyclic) bond motifs is 2. The van der Waals surface area contributed by atoms with Crippen LogP contribution in [-0.2, 0) is 0 Å². The molecule has 0 amide bonds. The first-order valence-electron chi connectivity index (χ1n) is 7.76. The predicted octanol–water partition coefficient (Wildman–Crippen LogP) is 5.04. The third kappa shape index (κ3) is 2.01. The number of furan rings is 1. The van der Waals surface area contributed by atoms with E-state index in [1.807, 2.05) is 48.5 Å². The molecule has 2 aromatic carbocycles. The van der Waals surface area contributed by atoms with Crippen molar-refractivity contribution in [2.24, 2.45) is 0 Å². The molecule has 3 aromatic heterocycles. The molecule has 0 fully saturated rings. The highest BCUT2D eigenvalue weighted by Gasteiger charge is 2.13. The third-order valence-corrected chi connectivity index (χ3v) is 4.14. The fourth-order valence-corrected chi connectivity index (χ4v) is 2.98. The number of nitrogens with zero attached hydrogens (tertiary/aromatic N) is 2. The molecule has 0 saturated carbocycles. The lowest BCUT2D eigenvalue weighted by Gasteiger charge is -1.98. The second kappa shape index (κ2) is 5.06. The van der Waals surface area contributed by atoms with Crippen LogP contribution >= 0.6 is 0 Å². The van der Waals surface area contributed by atoms with E-state index in [2.05, 4.69) is 27.1 Å². The number of para-hydroxylation sites is 1. The Labute approximate surface area is 137 Å². The van der Waals surface area contributed by atoms with Crippen molar-refractivity contribution in [3.05, 3.63) is 73.1 Å². The first-order chi connectivity index (χ1) is 11.9. The number of aromatic amines is 1. The van der Waals surface area contributed by atoms with Crippen LogP contribution < -0.4 is 0 Å². The van der Waals surface area contributed by atoms with Crippen LogP contribution in [0.3, 0.4) is 0 Å². The lowest BCUT2D eigenvalue weighted by Crippen LogP contribution is -1.80. The van der Waals surface area contributed by atoms with E-state index in [4.69, 9.17) is 4.42 Å². The Balaban J connectivity index is 1.72. The van der Waals surface area contributed by atoms with Crippen LogP contribution in [0.25, 0.3) is 44.7 Å². The molecule has 4 nitrogen and oxygen atoms in total. The van der Waals surface area contributed by atoms with E-state index in [9.17, 15) is 0 Å². The summed E-state index contributed by atoms with van der Waals surface area (Å²) in [5.74, 6) is 1.65. The fourth-order valence-electron chi connectivity index (χ4n) is 2.98. The highest BCUT2D eigenvalue weighted by atomic mass is 16.3. The Bertz CT molecular complexity index is 1120. The molecule has 0 bridgehead atoms. The molecule has 0 aliphatic carbocycles. The van der Waals surface area contributed by atoms with E-state index in [1.54, 1.807) is 12.4 Å². The standard InChI is InChI=1S/C20H13N3O/c1-2-5-13(6-3-1)18-11-14-7-4-8-15(19(14)24-18)20-22-16-9-10-21-12-17(16)23-20/h1-12H,(H,22,23). The maximum Gasteiger partial charge on any atom is 0.145 e. The molecule has 0 aliphatic heterocycles. The van der Waals surface area contributed by atoms with Gasteiger partial charge in [0.25, 0.3) is 0 Å². The lowest BCUT2D eigenvalue weighted by molar-refractivity contribution is 0.632. The lowest BCUT2D eigenvalue weighted by atomic mass is 10.1. The van der Waals surface area contributed by atoms with Gasteiger partial charge in [-0.15, -0.1) is 0 Å². The van der Waals surface area contributed by atoms with Crippen molar-refractivity contribution in [2.75, 3.05) is 0 Å². The monoisotopic (exact) mass is 311 g/mol. The normalized spacial score (nSPS) is 11.3. The Morgan fingerprint density at radius 3 is 2.71 bits per heavy atom. The van der Waals surface area contributed by atoms with E-state index in [-0.39, 0.29) is 0 Å². The van der Waals surface area contributed by atoms with Gasteiger partial charge in [-0.2, -0.15) is 0 Å². The summed E-state index contributed by atoms with van der Waals surface area (Å²) >= 11 is 0. The molecular formula is C20H13N3O. The smallest absolute Gasteiger partial charge is 0.145 e. The van der Waals surface area contributed by atoms with Gasteiger partial charge in [-0.25, -0.2) is 4.98 Å². The number of imidazole rings is 1. The van der Waals surface area contributed by atoms with Crippen molar-refractivity contribution < 1.29 is 4.42 Å². The summed E-state index contributed by atoms with van der Waals surface area (Å²) in [6.45, 7) is 0. The van der Waals surface area contributed by atoms with Crippen LogP contribution in [-0.4, -0.2) is 15.0 Å². The van der Waals surface area contributed by atoms with Crippen molar-refractivity contribution in [2.45, 2.75) is 0 Å². The number of H-pyrrole nitrogens is 1. The van der Waals surface area contributed by atoms with Gasteiger partial charge in [0.05, 0.1) is 22.8 Å². The minimum absolute atomic E-state index is 0.789. The second-order valence-corrected chi connectivity index (χ2v) is 5.68. The van der Waals surface area contributed by atoms with Crippen molar-refractivity contribution in [3.63, 3.8) is 0 Å². The SMILES string of the molecule is c1ccc(-c2cc3cccc(-c4nc5ccncc5[nH]4)c3o2)cc1. The molecule has 0 aliphatic rings. The van der Waals surface area contributed by atoms with E-state index in [0.29, 0.717) is 0 Å². The van der Waals surface area contributed by atoms with Crippen LogP contribution in [0.4, 0.5) is 0 Å². The molecule has 0 spiro atoms. The number of nitrogens with one attached hydrogen (secondary N) is 1. The first-order valence-corrected chi connectivity index (χ1v) is 7.76. The summed E-state index contributed by atoms with van der Waals surface area (Å²) in [6.07, 6.45) is 3.53. The maximum atomic E-state index is 6.16. The van der Waals surface area contributed by atoms with Gasteiger partial charge >= 0.3 is 0 Å². The molecule has 0 unspecified atom stereocenters. The molecule has 5 aromatic rings. The zero-order valence-corrected chi connectivity index (χ0v) is 12.7. The maximum absolute atomic E-state index is 6.16. The average molecular weight is 311 g/mol. The highest BCUT2D eigenvalue weighted by molar-refractivity contribution is 5.94. The summed E-state index contributed by atoms with van der Waals surface area (Å²) in [6, 6.07) is 20.2. The summed E-state index contributed by atoms with van der Waals surface area (Å²) in [7, 11) is 0. The highest BCUT2D eigenvalue weighted by Crippen LogP contribution is 2.34. The van der Waals surface area contributed by atoms with Gasteiger partial charge in [0.1, 0.15) is 17.2 Å². The molecule has 114 valence electrons. The average Bonchev–Trinajstić information content (AvgIpc) is 3.26. The summed E-state index contributed by atoms with van der Waals surface area (Å²) < 4.78 is 6.16. The summed E-state index contributed by atoms with van der Waals surface area (Å²) in [4.78, 5) is 12.1. The van der Waals surface area contributed by atoms with Gasteiger partial charge in [-0.1, -0.05) is 42.5 Å². The third-order valence-electron chi connectivity index (χ3n) is 4.14. The molecule has 3 heterocycles. The largest absolute Gasteiger partial charge is 0.455 e. The zero-order valence-electron chi connectivity index (χ0n) is 12.7. The van der Waals surface area contributed by atoms with Gasteiger partial charge in [0, 0.05) is 17.1 Å². The van der Waals surface area contributed by atoms with E-state index >= 15 is 0 Å². The predicted molar refractivity (Wildman–Crippen MR) is 94.5 cm³/mol. The van der Waals surface area contributed by atoms with Crippen molar-refractivity contribution in [3.8, 4) is 22.7 Å². The molecule has 1 N–H and O–H groups in total. The number of pyridine rings is 1. The second-order valence-electron chi connectivity index (χ2n) is 5.68. The molecule has 0 saturated heterocycles. The van der Waals surface area contributed by atoms with Crippen LogP contribution in [0, 0.1) is 0 Å². The molecule has 24 heavy (non-hydrogen) atoms. The number of hydrogen-bond acceptors (Lipinski definition) is 3. The van der Waals surface area contributed by atoms with Gasteiger partial charge in [0.15, 0.2) is 0 Å². The summed E-state index contributed by atoms with van der Waals surface area (Å²) in [5.41, 5.74) is 4.66. The minimum atomic E-state index is 0.789.